The summed E-state index contributed by atoms with van der Waals surface area (Å²) < 4.78 is 29.7. The standard InChI is InChI=1S/C14H19ClN2O4S/c1-21-13-5-4-11(10-12(13)15)14(18)16-6-3-7-17(9-8-16)22(2,19)20/h4-5,10H,3,6-9H2,1-2H3. The van der Waals surface area contributed by atoms with Gasteiger partial charge in [-0.25, -0.2) is 12.7 Å². The number of sulfonamides is 1. The average Bonchev–Trinajstić information content (AvgIpc) is 2.72. The van der Waals surface area contributed by atoms with Crippen molar-refractivity contribution < 1.29 is 17.9 Å². The minimum absolute atomic E-state index is 0.153. The number of ether oxygens (including phenoxy) is 1. The topological polar surface area (TPSA) is 66.9 Å². The van der Waals surface area contributed by atoms with Crippen LogP contribution in [-0.4, -0.2) is 63.1 Å². The monoisotopic (exact) mass is 346 g/mol. The lowest BCUT2D eigenvalue weighted by atomic mass is 10.2. The SMILES string of the molecule is COc1ccc(C(=O)N2CCCN(S(C)(=O)=O)CC2)cc1Cl. The van der Waals surface area contributed by atoms with Gasteiger partial charge >= 0.3 is 0 Å². The molecule has 6 nitrogen and oxygen atoms in total. The van der Waals surface area contributed by atoms with Gasteiger partial charge in [0.2, 0.25) is 10.0 Å². The smallest absolute Gasteiger partial charge is 0.253 e. The lowest BCUT2D eigenvalue weighted by Crippen LogP contribution is -2.36. The number of methoxy groups -OCH3 is 1. The number of nitrogens with zero attached hydrogens (tertiary/aromatic N) is 2. The first kappa shape index (κ1) is 17.1. The number of carbonyl (C=O) groups is 1. The Morgan fingerprint density at radius 1 is 1.23 bits per heavy atom. The quantitative estimate of drug-likeness (QED) is 0.831. The molecule has 1 heterocycles. The van der Waals surface area contributed by atoms with Gasteiger partial charge in [0.15, 0.2) is 0 Å². The predicted octanol–water partition coefficient (Wildman–Crippen LogP) is 1.46. The molecule has 1 aromatic carbocycles. The molecule has 1 aromatic rings. The molecule has 1 saturated heterocycles. The number of benzene rings is 1. The highest BCUT2D eigenvalue weighted by molar-refractivity contribution is 7.88. The van der Waals surface area contributed by atoms with Crippen LogP contribution in [-0.2, 0) is 10.0 Å². The van der Waals surface area contributed by atoms with Gasteiger partial charge in [-0.1, -0.05) is 11.6 Å². The Kier molecular flexibility index (Phi) is 5.31. The number of carbonyl (C=O) groups excluding carboxylic acids is 1. The van der Waals surface area contributed by atoms with Gasteiger partial charge in [0.25, 0.3) is 5.91 Å². The van der Waals surface area contributed by atoms with Crippen molar-refractivity contribution in [3.05, 3.63) is 28.8 Å². The molecule has 0 spiro atoms. The van der Waals surface area contributed by atoms with E-state index in [0.717, 1.165) is 0 Å². The lowest BCUT2D eigenvalue weighted by molar-refractivity contribution is 0.0764. The molecule has 2 rings (SSSR count). The molecular weight excluding hydrogens is 328 g/mol. The summed E-state index contributed by atoms with van der Waals surface area (Å²) in [6.45, 7) is 1.64. The van der Waals surface area contributed by atoms with Crippen molar-refractivity contribution in [2.24, 2.45) is 0 Å². The van der Waals surface area contributed by atoms with E-state index in [1.54, 1.807) is 23.1 Å². The van der Waals surface area contributed by atoms with Crippen LogP contribution in [0.5, 0.6) is 5.75 Å². The third-order valence-corrected chi connectivity index (χ3v) is 5.21. The zero-order chi connectivity index (χ0) is 16.3. The van der Waals surface area contributed by atoms with E-state index < -0.39 is 10.0 Å². The number of hydrogen-bond acceptors (Lipinski definition) is 4. The van der Waals surface area contributed by atoms with E-state index in [4.69, 9.17) is 16.3 Å². The summed E-state index contributed by atoms with van der Waals surface area (Å²) in [4.78, 5) is 14.2. The van der Waals surface area contributed by atoms with Crippen molar-refractivity contribution in [2.75, 3.05) is 39.5 Å². The zero-order valence-electron chi connectivity index (χ0n) is 12.6. The summed E-state index contributed by atoms with van der Waals surface area (Å²) in [6, 6.07) is 4.88. The van der Waals surface area contributed by atoms with E-state index >= 15 is 0 Å². The fourth-order valence-electron chi connectivity index (χ4n) is 2.41. The van der Waals surface area contributed by atoms with E-state index in [1.807, 2.05) is 0 Å². The zero-order valence-corrected chi connectivity index (χ0v) is 14.2. The van der Waals surface area contributed by atoms with Crippen LogP contribution in [0.2, 0.25) is 5.02 Å². The Morgan fingerprint density at radius 2 is 1.95 bits per heavy atom. The molecule has 8 heteroatoms. The van der Waals surface area contributed by atoms with Crippen molar-refractivity contribution in [2.45, 2.75) is 6.42 Å². The van der Waals surface area contributed by atoms with Crippen molar-refractivity contribution in [3.63, 3.8) is 0 Å². The van der Waals surface area contributed by atoms with Crippen molar-refractivity contribution in [1.29, 1.82) is 0 Å². The molecule has 0 saturated carbocycles. The molecule has 0 aliphatic carbocycles. The molecule has 0 aromatic heterocycles. The van der Waals surface area contributed by atoms with E-state index in [-0.39, 0.29) is 5.91 Å². The summed E-state index contributed by atoms with van der Waals surface area (Å²) in [7, 11) is -1.71. The van der Waals surface area contributed by atoms with Gasteiger partial charge in [0, 0.05) is 31.7 Å². The van der Waals surface area contributed by atoms with Gasteiger partial charge in [-0.2, -0.15) is 0 Å². The third-order valence-electron chi connectivity index (χ3n) is 3.61. The molecule has 0 bridgehead atoms. The molecule has 1 aliphatic heterocycles. The van der Waals surface area contributed by atoms with Crippen LogP contribution < -0.4 is 4.74 Å². The fourth-order valence-corrected chi connectivity index (χ4v) is 3.54. The summed E-state index contributed by atoms with van der Waals surface area (Å²) in [5, 5.41) is 0.376. The average molecular weight is 347 g/mol. The van der Waals surface area contributed by atoms with Gasteiger partial charge in [-0.3, -0.25) is 4.79 Å². The fraction of sp³-hybridized carbons (Fsp3) is 0.500. The predicted molar refractivity (Wildman–Crippen MR) is 84.9 cm³/mol. The summed E-state index contributed by atoms with van der Waals surface area (Å²) in [6.07, 6.45) is 1.80. The van der Waals surface area contributed by atoms with Crippen LogP contribution in [0.4, 0.5) is 0 Å². The maximum absolute atomic E-state index is 12.5. The molecule has 22 heavy (non-hydrogen) atoms. The van der Waals surface area contributed by atoms with Crippen LogP contribution in [0.15, 0.2) is 18.2 Å². The van der Waals surface area contributed by atoms with E-state index in [1.165, 1.54) is 17.7 Å². The normalized spacial score (nSPS) is 17.1. The second kappa shape index (κ2) is 6.85. The third kappa shape index (κ3) is 3.91. The van der Waals surface area contributed by atoms with E-state index in [0.29, 0.717) is 48.9 Å². The number of hydrogen-bond donors (Lipinski definition) is 0. The molecule has 1 fully saturated rings. The second-order valence-electron chi connectivity index (χ2n) is 5.16. The first-order valence-electron chi connectivity index (χ1n) is 6.91. The molecule has 1 amide bonds. The van der Waals surface area contributed by atoms with Gasteiger partial charge in [0.05, 0.1) is 18.4 Å². The van der Waals surface area contributed by atoms with Gasteiger partial charge in [0.1, 0.15) is 5.75 Å². The molecule has 0 N–H and O–H groups in total. The lowest BCUT2D eigenvalue weighted by Gasteiger charge is -2.21. The van der Waals surface area contributed by atoms with Crippen molar-refractivity contribution >= 4 is 27.5 Å². The Bertz CT molecular complexity index is 663. The Labute approximate surface area is 135 Å². The summed E-state index contributed by atoms with van der Waals surface area (Å²) >= 11 is 6.04. The van der Waals surface area contributed by atoms with Crippen LogP contribution in [0.1, 0.15) is 16.8 Å². The highest BCUT2D eigenvalue weighted by Crippen LogP contribution is 2.25. The first-order chi connectivity index (χ1) is 10.3. The minimum Gasteiger partial charge on any atom is -0.495 e. The van der Waals surface area contributed by atoms with Gasteiger partial charge < -0.3 is 9.64 Å². The largest absolute Gasteiger partial charge is 0.495 e. The maximum Gasteiger partial charge on any atom is 0.253 e. The van der Waals surface area contributed by atoms with Crippen LogP contribution in [0, 0.1) is 0 Å². The maximum atomic E-state index is 12.5. The first-order valence-corrected chi connectivity index (χ1v) is 9.13. The van der Waals surface area contributed by atoms with Crippen LogP contribution in [0.3, 0.4) is 0 Å². The van der Waals surface area contributed by atoms with Crippen LogP contribution in [0.25, 0.3) is 0 Å². The van der Waals surface area contributed by atoms with Crippen molar-refractivity contribution in [1.82, 2.24) is 9.21 Å². The summed E-state index contributed by atoms with van der Waals surface area (Å²) in [5.41, 5.74) is 0.471. The molecular formula is C14H19ClN2O4S. The molecule has 0 atom stereocenters. The second-order valence-corrected chi connectivity index (χ2v) is 7.55. The molecule has 122 valence electrons. The van der Waals surface area contributed by atoms with E-state index in [2.05, 4.69) is 0 Å². The number of halogens is 1. The molecule has 1 aliphatic rings. The summed E-state index contributed by atoms with van der Waals surface area (Å²) in [5.74, 6) is 0.359. The molecule has 0 radical (unpaired) electrons. The van der Waals surface area contributed by atoms with E-state index in [9.17, 15) is 13.2 Å². The van der Waals surface area contributed by atoms with Gasteiger partial charge in [-0.15, -0.1) is 0 Å². The highest BCUT2D eigenvalue weighted by Gasteiger charge is 2.24. The van der Waals surface area contributed by atoms with Crippen LogP contribution >= 0.6 is 11.6 Å². The minimum atomic E-state index is -3.22. The Hall–Kier alpha value is -1.31. The van der Waals surface area contributed by atoms with Crippen molar-refractivity contribution in [3.8, 4) is 5.75 Å². The Morgan fingerprint density at radius 3 is 2.55 bits per heavy atom. The number of rotatable bonds is 3. The molecule has 0 unspecified atom stereocenters. The highest BCUT2D eigenvalue weighted by atomic mass is 35.5. The van der Waals surface area contributed by atoms with Gasteiger partial charge in [-0.05, 0) is 24.6 Å². The number of amides is 1. The Balaban J connectivity index is 2.11.